The van der Waals surface area contributed by atoms with Crippen molar-refractivity contribution in [2.24, 2.45) is 11.5 Å². The van der Waals surface area contributed by atoms with Gasteiger partial charge in [-0.15, -0.1) is 0 Å². The monoisotopic (exact) mass is 260 g/mol. The van der Waals surface area contributed by atoms with Crippen molar-refractivity contribution in [3.8, 4) is 0 Å². The number of thiocarbonyl (C=S) groups is 2. The molecule has 0 atom stereocenters. The molecular formula is C4H10N2Na2S4. The smallest absolute Gasteiger partial charge is 1.00 e. The number of thioether (sulfide) groups is 2. The van der Waals surface area contributed by atoms with E-state index in [-0.39, 0.29) is 62.0 Å². The summed E-state index contributed by atoms with van der Waals surface area (Å²) in [5.41, 5.74) is 10.5. The fourth-order valence-corrected chi connectivity index (χ4v) is 1.85. The first-order valence-electron chi connectivity index (χ1n) is 2.47. The van der Waals surface area contributed by atoms with E-state index in [1.807, 2.05) is 0 Å². The molecule has 0 aromatic rings. The minimum atomic E-state index is 0. The molecule has 0 heterocycles. The summed E-state index contributed by atoms with van der Waals surface area (Å²) in [5, 5.41) is 0. The Bertz CT molecular complexity index is 135. The van der Waals surface area contributed by atoms with E-state index >= 15 is 0 Å². The fourth-order valence-electron chi connectivity index (χ4n) is 0.285. The van der Waals surface area contributed by atoms with Crippen LogP contribution in [0.3, 0.4) is 0 Å². The van der Waals surface area contributed by atoms with Crippen LogP contribution < -0.4 is 70.6 Å². The summed E-state index contributed by atoms with van der Waals surface area (Å²) in [5.74, 6) is 1.74. The molecule has 62 valence electrons. The van der Waals surface area contributed by atoms with Gasteiger partial charge in [-0.05, 0) is 0 Å². The minimum Gasteiger partial charge on any atom is -1.00 e. The molecule has 0 saturated heterocycles. The third-order valence-electron chi connectivity index (χ3n) is 0.572. The van der Waals surface area contributed by atoms with Gasteiger partial charge in [0.1, 0.15) is 8.64 Å². The molecule has 0 unspecified atom stereocenters. The van der Waals surface area contributed by atoms with Gasteiger partial charge in [0.15, 0.2) is 0 Å². The SMILES string of the molecule is NC(=S)SCCSC(N)=S.[H-].[H-].[Na+].[Na+]. The van der Waals surface area contributed by atoms with Crippen LogP contribution in [0.5, 0.6) is 0 Å². The maximum atomic E-state index is 5.23. The van der Waals surface area contributed by atoms with Crippen molar-refractivity contribution in [2.45, 2.75) is 0 Å². The van der Waals surface area contributed by atoms with Gasteiger partial charge >= 0.3 is 59.1 Å². The zero-order chi connectivity index (χ0) is 7.98. The summed E-state index contributed by atoms with van der Waals surface area (Å²) < 4.78 is 0.951. The van der Waals surface area contributed by atoms with E-state index in [1.165, 1.54) is 23.5 Å². The summed E-state index contributed by atoms with van der Waals surface area (Å²) in [6.45, 7) is 0. The van der Waals surface area contributed by atoms with Crippen molar-refractivity contribution in [3.63, 3.8) is 0 Å². The molecule has 4 N–H and O–H groups in total. The predicted molar refractivity (Wildman–Crippen MR) is 60.7 cm³/mol. The third-order valence-corrected chi connectivity index (χ3v) is 2.92. The zero-order valence-corrected chi connectivity index (χ0v) is 14.5. The normalized spacial score (nSPS) is 7.67. The Morgan fingerprint density at radius 2 is 1.25 bits per heavy atom. The van der Waals surface area contributed by atoms with Crippen LogP contribution in [0.25, 0.3) is 0 Å². The van der Waals surface area contributed by atoms with Gasteiger partial charge in [-0.2, -0.15) is 0 Å². The maximum absolute atomic E-state index is 5.23. The standard InChI is InChI=1S/C4H8N2S4.2Na.2H/c5-3(7)9-1-2-10-4(6)8;;;;/h1-2H2,(H2,5,7)(H2,6,8);;;;/q;2*+1;2*-1. The van der Waals surface area contributed by atoms with Crippen LogP contribution in [-0.4, -0.2) is 20.1 Å². The molecule has 0 aromatic heterocycles. The van der Waals surface area contributed by atoms with E-state index in [2.05, 4.69) is 24.4 Å². The zero-order valence-electron chi connectivity index (χ0n) is 9.20. The van der Waals surface area contributed by atoms with Crippen LogP contribution in [0, 0.1) is 0 Å². The Kier molecular flexibility index (Phi) is 22.4. The van der Waals surface area contributed by atoms with E-state index in [0.29, 0.717) is 8.64 Å². The molecule has 12 heavy (non-hydrogen) atoms. The molecule has 8 heteroatoms. The largest absolute Gasteiger partial charge is 1.00 e. The molecule has 0 rings (SSSR count). The Balaban J connectivity index is -0.0000000675. The second kappa shape index (κ2) is 13.5. The minimum absolute atomic E-state index is 0. The molecule has 0 amide bonds. The first-order valence-corrected chi connectivity index (χ1v) is 5.26. The Morgan fingerprint density at radius 3 is 1.42 bits per heavy atom. The third kappa shape index (κ3) is 18.3. The van der Waals surface area contributed by atoms with Gasteiger partial charge in [0.05, 0.1) is 0 Å². The molecule has 0 aliphatic heterocycles. The van der Waals surface area contributed by atoms with Crippen LogP contribution in [0.15, 0.2) is 0 Å². The van der Waals surface area contributed by atoms with Crippen molar-refractivity contribution in [2.75, 3.05) is 11.5 Å². The van der Waals surface area contributed by atoms with Gasteiger partial charge < -0.3 is 14.3 Å². The number of hydrogen-bond donors (Lipinski definition) is 2. The van der Waals surface area contributed by atoms with Crippen molar-refractivity contribution >= 4 is 56.6 Å². The van der Waals surface area contributed by atoms with Gasteiger partial charge in [0.2, 0.25) is 0 Å². The van der Waals surface area contributed by atoms with E-state index in [9.17, 15) is 0 Å². The molecular weight excluding hydrogens is 250 g/mol. The van der Waals surface area contributed by atoms with Gasteiger partial charge in [-0.25, -0.2) is 0 Å². The van der Waals surface area contributed by atoms with Gasteiger partial charge in [0, 0.05) is 11.5 Å². The first kappa shape index (κ1) is 20.0. The second-order valence-electron chi connectivity index (χ2n) is 1.33. The summed E-state index contributed by atoms with van der Waals surface area (Å²) in [6.07, 6.45) is 0. The molecule has 0 fully saturated rings. The van der Waals surface area contributed by atoms with E-state index in [1.54, 1.807) is 0 Å². The van der Waals surface area contributed by atoms with Crippen molar-refractivity contribution in [3.05, 3.63) is 0 Å². The second-order valence-corrected chi connectivity index (χ2v) is 5.00. The Morgan fingerprint density at radius 1 is 1.00 bits per heavy atom. The quantitative estimate of drug-likeness (QED) is 0.302. The van der Waals surface area contributed by atoms with Crippen molar-refractivity contribution in [1.82, 2.24) is 0 Å². The van der Waals surface area contributed by atoms with E-state index in [4.69, 9.17) is 11.5 Å². The molecule has 0 saturated carbocycles. The summed E-state index contributed by atoms with van der Waals surface area (Å²) >= 11 is 12.2. The molecule has 2 nitrogen and oxygen atoms in total. The topological polar surface area (TPSA) is 52.0 Å². The molecule has 0 aromatic carbocycles. The molecule has 0 radical (unpaired) electrons. The number of nitrogens with two attached hydrogens (primary N) is 2. The van der Waals surface area contributed by atoms with Crippen LogP contribution >= 0.6 is 48.0 Å². The number of hydrogen-bond acceptors (Lipinski definition) is 4. The van der Waals surface area contributed by atoms with E-state index in [0.717, 1.165) is 11.5 Å². The van der Waals surface area contributed by atoms with Crippen LogP contribution in [0.4, 0.5) is 0 Å². The predicted octanol–water partition coefficient (Wildman–Crippen LogP) is -4.83. The molecule has 0 spiro atoms. The van der Waals surface area contributed by atoms with Crippen molar-refractivity contribution in [1.29, 1.82) is 0 Å². The molecule has 0 aliphatic rings. The maximum Gasteiger partial charge on any atom is 1.00 e. The average molecular weight is 260 g/mol. The summed E-state index contributed by atoms with van der Waals surface area (Å²) in [7, 11) is 0. The fraction of sp³-hybridized carbons (Fsp3) is 0.500. The van der Waals surface area contributed by atoms with Gasteiger partial charge in [-0.3, -0.25) is 0 Å². The van der Waals surface area contributed by atoms with Gasteiger partial charge in [0.25, 0.3) is 0 Å². The van der Waals surface area contributed by atoms with Crippen LogP contribution in [0.2, 0.25) is 0 Å². The summed E-state index contributed by atoms with van der Waals surface area (Å²) in [4.78, 5) is 0. The Labute approximate surface area is 139 Å². The molecule has 0 aliphatic carbocycles. The average Bonchev–Trinajstić information content (AvgIpc) is 1.79. The Hall–Kier alpha value is 2.48. The van der Waals surface area contributed by atoms with Crippen molar-refractivity contribution < 1.29 is 62.0 Å². The van der Waals surface area contributed by atoms with Crippen LogP contribution in [-0.2, 0) is 0 Å². The number of rotatable bonds is 3. The summed E-state index contributed by atoms with van der Waals surface area (Å²) in [6, 6.07) is 0. The van der Waals surface area contributed by atoms with Gasteiger partial charge in [-0.1, -0.05) is 48.0 Å². The first-order chi connectivity index (χ1) is 4.63. The van der Waals surface area contributed by atoms with Crippen LogP contribution in [0.1, 0.15) is 2.85 Å². The molecule has 0 bridgehead atoms. The van der Waals surface area contributed by atoms with E-state index < -0.39 is 0 Å².